The third kappa shape index (κ3) is 4.83. The number of hydrogen-bond acceptors (Lipinski definition) is 3. The third-order valence-corrected chi connectivity index (χ3v) is 7.07. The molecular formula is C29H31FN4O2. The smallest absolute Gasteiger partial charge is 0.342 e. The number of aromatic nitrogens is 3. The van der Waals surface area contributed by atoms with Crippen LogP contribution >= 0.6 is 0 Å². The lowest BCUT2D eigenvalue weighted by Crippen LogP contribution is -2.32. The molecule has 1 N–H and O–H groups in total. The van der Waals surface area contributed by atoms with E-state index >= 15 is 4.39 Å². The number of fused-ring (bicyclic) bond motifs is 1. The second-order valence-corrected chi connectivity index (χ2v) is 9.98. The maximum atomic E-state index is 15.4. The first-order valence-corrected chi connectivity index (χ1v) is 12.6. The molecule has 0 spiro atoms. The lowest BCUT2D eigenvalue weighted by atomic mass is 9.95. The van der Waals surface area contributed by atoms with Crippen molar-refractivity contribution in [3.05, 3.63) is 87.9 Å². The molecule has 186 valence electrons. The highest BCUT2D eigenvalue weighted by Gasteiger charge is 2.29. The molecule has 1 aliphatic heterocycles. The van der Waals surface area contributed by atoms with Crippen LogP contribution in [0.25, 0.3) is 22.9 Å². The summed E-state index contributed by atoms with van der Waals surface area (Å²) >= 11 is 0. The van der Waals surface area contributed by atoms with Gasteiger partial charge in [0.15, 0.2) is 0 Å². The highest BCUT2D eigenvalue weighted by atomic mass is 19.1. The molecule has 6 nitrogen and oxygen atoms in total. The number of carbonyl (C=O) groups is 1. The van der Waals surface area contributed by atoms with Crippen LogP contribution in [0.4, 0.5) is 4.39 Å². The highest BCUT2D eigenvalue weighted by Crippen LogP contribution is 2.28. The van der Waals surface area contributed by atoms with E-state index in [-0.39, 0.29) is 23.4 Å². The summed E-state index contributed by atoms with van der Waals surface area (Å²) in [6, 6.07) is 11.2. The molecule has 1 aromatic heterocycles. The standard InChI is InChI=1S/C29H31FN4O2/c1-19(2)28(35)33-14-13-20(18-33)15-27-31-32-29(36)34(27)26-12-11-24(17-25(26)30)23-10-9-21-7-5-3-4-6-8-22(21)16-23/h3-5,7,9-12,16-17,19-20H,6,8,13-15,18H2,1-2H3,(H,32,36)/b4-3-,7-5-/t20-/m0/s1. The Bertz CT molecular complexity index is 1400. The molecule has 2 heterocycles. The van der Waals surface area contributed by atoms with Gasteiger partial charge in [0.1, 0.15) is 11.6 Å². The van der Waals surface area contributed by atoms with Crippen LogP contribution in [0.1, 0.15) is 43.6 Å². The van der Waals surface area contributed by atoms with E-state index < -0.39 is 11.5 Å². The molecule has 7 heteroatoms. The summed E-state index contributed by atoms with van der Waals surface area (Å²) in [7, 11) is 0. The fraction of sp³-hybridized carbons (Fsp3) is 0.345. The Balaban J connectivity index is 1.39. The molecule has 36 heavy (non-hydrogen) atoms. The molecule has 0 saturated carbocycles. The van der Waals surface area contributed by atoms with E-state index in [1.807, 2.05) is 37.0 Å². The molecule has 1 saturated heterocycles. The van der Waals surface area contributed by atoms with Gasteiger partial charge in [0.05, 0.1) is 5.69 Å². The Morgan fingerprint density at radius 3 is 2.78 bits per heavy atom. The number of nitrogens with one attached hydrogen (secondary N) is 1. The summed E-state index contributed by atoms with van der Waals surface area (Å²) in [6.45, 7) is 5.12. The van der Waals surface area contributed by atoms with Crippen LogP contribution in [0.2, 0.25) is 0 Å². The summed E-state index contributed by atoms with van der Waals surface area (Å²) in [4.78, 5) is 26.8. The minimum absolute atomic E-state index is 0.0442. The average Bonchev–Trinajstić information content (AvgIpc) is 3.45. The van der Waals surface area contributed by atoms with Crippen molar-refractivity contribution in [2.24, 2.45) is 11.8 Å². The van der Waals surface area contributed by atoms with Crippen LogP contribution in [0, 0.1) is 17.7 Å². The van der Waals surface area contributed by atoms with Crippen LogP contribution in [0.3, 0.4) is 0 Å². The van der Waals surface area contributed by atoms with Crippen LogP contribution in [0.15, 0.2) is 59.4 Å². The Kier molecular flexibility index (Phi) is 6.72. The second-order valence-electron chi connectivity index (χ2n) is 9.98. The predicted octanol–water partition coefficient (Wildman–Crippen LogP) is 4.93. The molecule has 1 atom stereocenters. The highest BCUT2D eigenvalue weighted by molar-refractivity contribution is 5.78. The fourth-order valence-corrected chi connectivity index (χ4v) is 5.14. The normalized spacial score (nSPS) is 19.1. The van der Waals surface area contributed by atoms with Gasteiger partial charge >= 0.3 is 5.69 Å². The minimum atomic E-state index is -0.477. The number of halogens is 1. The van der Waals surface area contributed by atoms with Crippen LogP contribution in [0.5, 0.6) is 0 Å². The third-order valence-electron chi connectivity index (χ3n) is 7.07. The predicted molar refractivity (Wildman–Crippen MR) is 139 cm³/mol. The summed E-state index contributed by atoms with van der Waals surface area (Å²) in [6.07, 6.45) is 11.6. The number of allylic oxidation sites excluding steroid dienone is 3. The number of rotatable bonds is 5. The van der Waals surface area contributed by atoms with Crippen molar-refractivity contribution in [2.75, 3.05) is 13.1 Å². The minimum Gasteiger partial charge on any atom is -0.342 e. The number of aryl methyl sites for hydroxylation is 1. The quantitative estimate of drug-likeness (QED) is 0.556. The number of aromatic amines is 1. The van der Waals surface area contributed by atoms with E-state index in [4.69, 9.17) is 0 Å². The van der Waals surface area contributed by atoms with Crippen molar-refractivity contribution in [3.8, 4) is 16.8 Å². The van der Waals surface area contributed by atoms with Gasteiger partial charge in [-0.05, 0) is 59.6 Å². The summed E-state index contributed by atoms with van der Waals surface area (Å²) in [5, 5.41) is 6.67. The van der Waals surface area contributed by atoms with Gasteiger partial charge in [-0.2, -0.15) is 5.10 Å². The lowest BCUT2D eigenvalue weighted by Gasteiger charge is -2.18. The van der Waals surface area contributed by atoms with Crippen LogP contribution in [-0.4, -0.2) is 38.7 Å². The molecule has 1 fully saturated rings. The molecule has 2 aliphatic rings. The molecule has 3 aromatic rings. The monoisotopic (exact) mass is 486 g/mol. The Hall–Kier alpha value is -3.74. The summed E-state index contributed by atoms with van der Waals surface area (Å²) < 4.78 is 16.7. The van der Waals surface area contributed by atoms with E-state index in [9.17, 15) is 9.59 Å². The maximum Gasteiger partial charge on any atom is 0.348 e. The molecule has 1 amide bonds. The number of carbonyl (C=O) groups excluding carboxylic acids is 1. The van der Waals surface area contributed by atoms with Gasteiger partial charge < -0.3 is 4.90 Å². The van der Waals surface area contributed by atoms with Crippen molar-refractivity contribution in [2.45, 2.75) is 39.5 Å². The van der Waals surface area contributed by atoms with Crippen LogP contribution in [-0.2, 0) is 17.6 Å². The lowest BCUT2D eigenvalue weighted by molar-refractivity contribution is -0.133. The molecular weight excluding hydrogens is 455 g/mol. The Morgan fingerprint density at radius 1 is 1.17 bits per heavy atom. The first-order chi connectivity index (χ1) is 17.4. The first kappa shape index (κ1) is 24.0. The number of benzene rings is 2. The van der Waals surface area contributed by atoms with E-state index in [0.717, 1.165) is 30.4 Å². The molecule has 1 aliphatic carbocycles. The SMILES string of the molecule is CC(C)C(=O)N1CC[C@@H](Cc2n[nH]c(=O)n2-c2ccc(-c3ccc4c(c3)CC/C=C\C=C/4)cc2F)C1. The van der Waals surface area contributed by atoms with E-state index in [0.29, 0.717) is 25.3 Å². The van der Waals surface area contributed by atoms with Crippen molar-refractivity contribution in [3.63, 3.8) is 0 Å². The van der Waals surface area contributed by atoms with E-state index in [1.54, 1.807) is 6.07 Å². The largest absolute Gasteiger partial charge is 0.348 e. The zero-order valence-electron chi connectivity index (χ0n) is 20.7. The molecule has 0 bridgehead atoms. The zero-order chi connectivity index (χ0) is 25.2. The number of hydrogen-bond donors (Lipinski definition) is 1. The topological polar surface area (TPSA) is 71.0 Å². The van der Waals surface area contributed by atoms with Gasteiger partial charge in [0, 0.05) is 25.4 Å². The van der Waals surface area contributed by atoms with Crippen molar-refractivity contribution in [1.29, 1.82) is 0 Å². The van der Waals surface area contributed by atoms with E-state index in [1.165, 1.54) is 21.8 Å². The molecule has 5 rings (SSSR count). The number of amides is 1. The van der Waals surface area contributed by atoms with Crippen molar-refractivity contribution >= 4 is 12.0 Å². The fourth-order valence-electron chi connectivity index (χ4n) is 5.14. The van der Waals surface area contributed by atoms with Gasteiger partial charge in [-0.1, -0.05) is 62.4 Å². The first-order valence-electron chi connectivity index (χ1n) is 12.6. The van der Waals surface area contributed by atoms with Gasteiger partial charge in [-0.25, -0.2) is 18.9 Å². The second kappa shape index (κ2) is 10.1. The number of nitrogens with zero attached hydrogens (tertiary/aromatic N) is 3. The van der Waals surface area contributed by atoms with Crippen molar-refractivity contribution < 1.29 is 9.18 Å². The Labute approximate surface area is 210 Å². The van der Waals surface area contributed by atoms with Crippen LogP contribution < -0.4 is 5.69 Å². The van der Waals surface area contributed by atoms with Gasteiger partial charge in [-0.3, -0.25) is 4.79 Å². The van der Waals surface area contributed by atoms with Gasteiger partial charge in [0.2, 0.25) is 5.91 Å². The van der Waals surface area contributed by atoms with Gasteiger partial charge in [-0.15, -0.1) is 0 Å². The maximum absolute atomic E-state index is 15.4. The number of H-pyrrole nitrogens is 1. The summed E-state index contributed by atoms with van der Waals surface area (Å²) in [5.74, 6) is 0.277. The molecule has 2 aromatic carbocycles. The van der Waals surface area contributed by atoms with E-state index in [2.05, 4.69) is 40.6 Å². The van der Waals surface area contributed by atoms with Gasteiger partial charge in [0.25, 0.3) is 0 Å². The molecule has 0 radical (unpaired) electrons. The number of likely N-dealkylation sites (tertiary alicyclic amines) is 1. The summed E-state index contributed by atoms with van der Waals surface area (Å²) in [5.41, 5.74) is 3.82. The average molecular weight is 487 g/mol. The molecule has 0 unspecified atom stereocenters. The van der Waals surface area contributed by atoms with Crippen molar-refractivity contribution in [1.82, 2.24) is 19.7 Å². The Morgan fingerprint density at radius 2 is 1.97 bits per heavy atom. The zero-order valence-corrected chi connectivity index (χ0v) is 20.7.